The first-order chi connectivity index (χ1) is 15.6. The van der Waals surface area contributed by atoms with Crippen LogP contribution in [-0.2, 0) is 0 Å². The van der Waals surface area contributed by atoms with Gasteiger partial charge < -0.3 is 9.47 Å². The van der Waals surface area contributed by atoms with E-state index < -0.39 is 21.4 Å². The van der Waals surface area contributed by atoms with Crippen molar-refractivity contribution in [2.75, 3.05) is 5.32 Å². The number of aromatic nitrogens is 1. The molecule has 0 spiro atoms. The Bertz CT molecular complexity index is 1140. The Morgan fingerprint density at radius 3 is 1.70 bits per heavy atom. The van der Waals surface area contributed by atoms with E-state index in [-0.39, 0.29) is 22.9 Å². The van der Waals surface area contributed by atoms with E-state index in [0.29, 0.717) is 10.8 Å². The highest BCUT2D eigenvalue weighted by Crippen LogP contribution is 2.19. The lowest BCUT2D eigenvalue weighted by molar-refractivity contribution is -0.385. The number of halogens is 2. The van der Waals surface area contributed by atoms with Gasteiger partial charge in [-0.05, 0) is 36.4 Å². The van der Waals surface area contributed by atoms with Gasteiger partial charge in [-0.2, -0.15) is 0 Å². The van der Waals surface area contributed by atoms with Gasteiger partial charge in [0.2, 0.25) is 0 Å². The number of amides is 1. The van der Waals surface area contributed by atoms with Crippen LogP contribution < -0.4 is 14.8 Å². The lowest BCUT2D eigenvalue weighted by Crippen LogP contribution is -2.16. The van der Waals surface area contributed by atoms with E-state index in [9.17, 15) is 29.8 Å². The second kappa shape index (κ2) is 11.9. The largest absolute Gasteiger partial charge is 0.417 e. The molecule has 1 N–H and O–H groups in total. The van der Waals surface area contributed by atoms with Gasteiger partial charge >= 0.3 is 11.5 Å². The first-order valence-electron chi connectivity index (χ1n) is 8.60. The third kappa shape index (κ3) is 8.77. The molecule has 0 saturated heterocycles. The van der Waals surface area contributed by atoms with E-state index in [1.165, 1.54) is 60.8 Å². The average Bonchev–Trinajstić information content (AvgIpc) is 2.76. The number of nitrogens with one attached hydrogen (secondary N) is 1. The van der Waals surface area contributed by atoms with Gasteiger partial charge in [0.1, 0.15) is 16.7 Å². The number of benzene rings is 2. The molecule has 0 aliphatic carbocycles. The van der Waals surface area contributed by atoms with Crippen molar-refractivity contribution in [3.63, 3.8) is 0 Å². The summed E-state index contributed by atoms with van der Waals surface area (Å²) in [5.74, 6) is 0.362. The number of nitro groups is 2. The predicted octanol–water partition coefficient (Wildman–Crippen LogP) is 5.59. The first kappa shape index (κ1) is 25.0. The molecule has 170 valence electrons. The van der Waals surface area contributed by atoms with Crippen molar-refractivity contribution in [3.05, 3.63) is 92.2 Å². The second-order valence-electron chi connectivity index (χ2n) is 5.73. The maximum absolute atomic E-state index is 11.6. The Morgan fingerprint density at radius 2 is 1.30 bits per heavy atom. The number of ether oxygens (including phenoxy) is 2. The molecule has 3 rings (SSSR count). The quantitative estimate of drug-likeness (QED) is 0.206. The van der Waals surface area contributed by atoms with Crippen LogP contribution in [0, 0.1) is 20.2 Å². The number of carbonyl (C=O) groups is 2. The molecular formula is C19H12Cl2N4O8. The van der Waals surface area contributed by atoms with Crippen molar-refractivity contribution in [1.29, 1.82) is 0 Å². The standard InChI is InChI=1S/C12H8ClN3O4.C7H4ClNO4/c13-11-6-1-8(7-14-11)15-12(17)20-10-4-2-9(3-5-10)16(18)19;8-7(10)13-6-3-1-5(2-4-6)9(11)12/h1-7H,(H,15,17);1-4H. The Labute approximate surface area is 195 Å². The number of carbonyl (C=O) groups excluding carboxylic acids is 2. The van der Waals surface area contributed by atoms with E-state index in [1.54, 1.807) is 6.07 Å². The third-order valence-electron chi connectivity index (χ3n) is 3.48. The Morgan fingerprint density at radius 1 is 0.818 bits per heavy atom. The Kier molecular flexibility index (Phi) is 9.03. The highest BCUT2D eigenvalue weighted by Gasteiger charge is 2.09. The number of hydrogen-bond acceptors (Lipinski definition) is 9. The maximum atomic E-state index is 11.6. The van der Waals surface area contributed by atoms with E-state index in [2.05, 4.69) is 15.0 Å². The van der Waals surface area contributed by atoms with E-state index in [4.69, 9.17) is 27.9 Å². The minimum Gasteiger partial charge on any atom is -0.414 e. The molecule has 1 aromatic heterocycles. The number of nitrogens with zero attached hydrogens (tertiary/aromatic N) is 3. The molecule has 12 nitrogen and oxygen atoms in total. The molecule has 14 heteroatoms. The minimum absolute atomic E-state index is 0.0747. The van der Waals surface area contributed by atoms with Crippen LogP contribution in [0.25, 0.3) is 0 Å². The second-order valence-corrected chi connectivity index (χ2v) is 6.42. The number of pyridine rings is 1. The zero-order chi connectivity index (χ0) is 24.4. The van der Waals surface area contributed by atoms with Crippen molar-refractivity contribution in [2.24, 2.45) is 0 Å². The first-order valence-corrected chi connectivity index (χ1v) is 9.36. The zero-order valence-corrected chi connectivity index (χ0v) is 17.7. The van der Waals surface area contributed by atoms with Crippen molar-refractivity contribution in [3.8, 4) is 11.5 Å². The van der Waals surface area contributed by atoms with Crippen molar-refractivity contribution >= 4 is 51.8 Å². The lowest BCUT2D eigenvalue weighted by Gasteiger charge is -2.06. The maximum Gasteiger partial charge on any atom is 0.417 e. The smallest absolute Gasteiger partial charge is 0.414 e. The summed E-state index contributed by atoms with van der Waals surface area (Å²) < 4.78 is 9.40. The molecule has 1 amide bonds. The molecule has 0 atom stereocenters. The van der Waals surface area contributed by atoms with Crippen LogP contribution in [0.1, 0.15) is 0 Å². The van der Waals surface area contributed by atoms with Crippen molar-refractivity contribution in [2.45, 2.75) is 0 Å². The molecule has 3 aromatic rings. The van der Waals surface area contributed by atoms with Gasteiger partial charge in [-0.15, -0.1) is 0 Å². The molecule has 0 saturated carbocycles. The molecule has 0 aliphatic rings. The van der Waals surface area contributed by atoms with Gasteiger partial charge in [0.15, 0.2) is 0 Å². The number of non-ortho nitro benzene ring substituents is 2. The predicted molar refractivity (Wildman–Crippen MR) is 117 cm³/mol. The Hall–Kier alpha value is -4.29. The molecule has 0 bridgehead atoms. The molecular weight excluding hydrogens is 483 g/mol. The summed E-state index contributed by atoms with van der Waals surface area (Å²) in [6.07, 6.45) is 0.641. The van der Waals surface area contributed by atoms with Crippen LogP contribution in [0.2, 0.25) is 5.15 Å². The monoisotopic (exact) mass is 494 g/mol. The van der Waals surface area contributed by atoms with Gasteiger partial charge in [-0.3, -0.25) is 25.5 Å². The lowest BCUT2D eigenvalue weighted by atomic mass is 10.3. The van der Waals surface area contributed by atoms with Crippen LogP contribution >= 0.6 is 23.2 Å². The highest BCUT2D eigenvalue weighted by atomic mass is 35.5. The molecule has 0 radical (unpaired) electrons. The summed E-state index contributed by atoms with van der Waals surface area (Å²) >= 11 is 10.5. The van der Waals surface area contributed by atoms with Gasteiger partial charge in [0.05, 0.1) is 21.7 Å². The molecule has 2 aromatic carbocycles. The number of hydrogen-bond donors (Lipinski definition) is 1. The molecule has 0 aliphatic heterocycles. The van der Waals surface area contributed by atoms with Gasteiger partial charge in [0, 0.05) is 35.9 Å². The fourth-order valence-corrected chi connectivity index (χ4v) is 2.27. The van der Waals surface area contributed by atoms with Crippen LogP contribution in [0.5, 0.6) is 11.5 Å². The minimum atomic E-state index is -0.978. The fourth-order valence-electron chi connectivity index (χ4n) is 2.06. The number of rotatable bonds is 5. The normalized spacial score (nSPS) is 9.64. The van der Waals surface area contributed by atoms with E-state index in [1.807, 2.05) is 0 Å². The topological polar surface area (TPSA) is 164 Å². The highest BCUT2D eigenvalue weighted by molar-refractivity contribution is 6.61. The summed E-state index contributed by atoms with van der Waals surface area (Å²) in [5, 5.41) is 23.4. The number of anilines is 1. The van der Waals surface area contributed by atoms with Crippen LogP contribution in [0.3, 0.4) is 0 Å². The van der Waals surface area contributed by atoms with Crippen LogP contribution in [0.15, 0.2) is 66.9 Å². The van der Waals surface area contributed by atoms with Gasteiger partial charge in [-0.1, -0.05) is 11.6 Å². The van der Waals surface area contributed by atoms with Crippen molar-refractivity contribution in [1.82, 2.24) is 4.98 Å². The Balaban J connectivity index is 0.000000257. The van der Waals surface area contributed by atoms with E-state index in [0.717, 1.165) is 0 Å². The average molecular weight is 495 g/mol. The van der Waals surface area contributed by atoms with Crippen LogP contribution in [0.4, 0.5) is 26.7 Å². The molecule has 33 heavy (non-hydrogen) atoms. The van der Waals surface area contributed by atoms with Crippen LogP contribution in [-0.4, -0.2) is 26.4 Å². The summed E-state index contributed by atoms with van der Waals surface area (Å²) in [4.78, 5) is 45.2. The SMILES string of the molecule is O=C(Cl)Oc1ccc([N+](=O)[O-])cc1.O=C(Nc1ccc(Cl)nc1)Oc1ccc([N+](=O)[O-])cc1. The molecule has 1 heterocycles. The van der Waals surface area contributed by atoms with Gasteiger partial charge in [-0.25, -0.2) is 14.6 Å². The summed E-state index contributed by atoms with van der Waals surface area (Å²) in [5.41, 5.74) is -0.718. The van der Waals surface area contributed by atoms with Gasteiger partial charge in [0.25, 0.3) is 11.4 Å². The van der Waals surface area contributed by atoms with E-state index >= 15 is 0 Å². The summed E-state index contributed by atoms with van der Waals surface area (Å²) in [6, 6.07) is 13.2. The van der Waals surface area contributed by atoms with Crippen molar-refractivity contribution < 1.29 is 28.9 Å². The number of nitro benzene ring substituents is 2. The fraction of sp³-hybridized carbons (Fsp3) is 0. The zero-order valence-electron chi connectivity index (χ0n) is 16.2. The summed E-state index contributed by atoms with van der Waals surface area (Å²) in [6.45, 7) is 0. The summed E-state index contributed by atoms with van der Waals surface area (Å²) in [7, 11) is 0. The molecule has 0 fully saturated rings. The molecule has 0 unspecified atom stereocenters. The third-order valence-corrected chi connectivity index (χ3v) is 3.78.